The summed E-state index contributed by atoms with van der Waals surface area (Å²) in [4.78, 5) is 10.9. The van der Waals surface area contributed by atoms with Crippen LogP contribution in [0.4, 0.5) is 11.5 Å². The second kappa shape index (κ2) is 8.02. The number of rotatable bonds is 7. The molecule has 1 aliphatic rings. The summed E-state index contributed by atoms with van der Waals surface area (Å²) in [6, 6.07) is 0.425. The van der Waals surface area contributed by atoms with Crippen LogP contribution >= 0.6 is 0 Å². The summed E-state index contributed by atoms with van der Waals surface area (Å²) in [5.74, 6) is 1.18. The Hall–Kier alpha value is -1.56. The largest absolute Gasteiger partial charge is 0.476 e. The lowest BCUT2D eigenvalue weighted by molar-refractivity contribution is 0.219. The highest BCUT2D eigenvalue weighted by atomic mass is 16.5. The molecule has 0 radical (unpaired) electrons. The van der Waals surface area contributed by atoms with Crippen LogP contribution in [-0.4, -0.2) is 47.2 Å². The molecular formula is C15H27N5O. The molecule has 118 valence electrons. The maximum Gasteiger partial charge on any atom is 0.242 e. The number of piperidine rings is 1. The zero-order chi connectivity index (χ0) is 15.1. The van der Waals surface area contributed by atoms with Crippen LogP contribution in [-0.2, 0) is 0 Å². The maximum atomic E-state index is 6.09. The van der Waals surface area contributed by atoms with Crippen molar-refractivity contribution in [3.63, 3.8) is 0 Å². The van der Waals surface area contributed by atoms with E-state index in [0.29, 0.717) is 30.0 Å². The molecule has 1 aliphatic heterocycles. The van der Waals surface area contributed by atoms with Gasteiger partial charge < -0.3 is 20.7 Å². The molecule has 0 saturated carbocycles. The molecule has 6 nitrogen and oxygen atoms in total. The lowest BCUT2D eigenvalue weighted by Gasteiger charge is -2.32. The van der Waals surface area contributed by atoms with E-state index < -0.39 is 0 Å². The normalized spacial score (nSPS) is 16.9. The van der Waals surface area contributed by atoms with Crippen LogP contribution in [0, 0.1) is 0 Å². The third kappa shape index (κ3) is 4.46. The molecule has 3 N–H and O–H groups in total. The van der Waals surface area contributed by atoms with Crippen molar-refractivity contribution in [2.75, 3.05) is 37.3 Å². The molecule has 6 heteroatoms. The average molecular weight is 293 g/mol. The highest BCUT2D eigenvalue weighted by molar-refractivity contribution is 5.66. The minimum atomic E-state index is 0.425. The fourth-order valence-corrected chi connectivity index (χ4v) is 2.62. The summed E-state index contributed by atoms with van der Waals surface area (Å²) in [5, 5.41) is 3.45. The van der Waals surface area contributed by atoms with Gasteiger partial charge in [-0.3, -0.25) is 0 Å². The minimum Gasteiger partial charge on any atom is -0.476 e. The number of aromatic nitrogens is 2. The monoisotopic (exact) mass is 293 g/mol. The molecule has 0 amide bonds. The molecule has 0 unspecified atom stereocenters. The smallest absolute Gasteiger partial charge is 0.242 e. The van der Waals surface area contributed by atoms with Gasteiger partial charge in [-0.15, -0.1) is 0 Å². The summed E-state index contributed by atoms with van der Waals surface area (Å²) in [5.41, 5.74) is 6.61. The van der Waals surface area contributed by atoms with Gasteiger partial charge in [0.2, 0.25) is 5.88 Å². The first-order chi connectivity index (χ1) is 10.2. The molecule has 2 heterocycles. The van der Waals surface area contributed by atoms with Crippen molar-refractivity contribution >= 4 is 11.5 Å². The lowest BCUT2D eigenvalue weighted by Crippen LogP contribution is -2.39. The topological polar surface area (TPSA) is 76.3 Å². The number of hydrogen-bond donors (Lipinski definition) is 2. The Bertz CT molecular complexity index is 432. The van der Waals surface area contributed by atoms with E-state index in [1.807, 2.05) is 0 Å². The van der Waals surface area contributed by atoms with Crippen molar-refractivity contribution < 1.29 is 4.74 Å². The SMILES string of the molecule is CCCOc1ncnc(NC2CCN(CCC)CC2)c1N. The predicted molar refractivity (Wildman–Crippen MR) is 85.6 cm³/mol. The Morgan fingerprint density at radius 2 is 2.05 bits per heavy atom. The average Bonchev–Trinajstić information content (AvgIpc) is 2.50. The third-order valence-corrected chi connectivity index (χ3v) is 3.76. The second-order valence-corrected chi connectivity index (χ2v) is 5.55. The van der Waals surface area contributed by atoms with Gasteiger partial charge in [0.1, 0.15) is 12.0 Å². The Morgan fingerprint density at radius 3 is 2.71 bits per heavy atom. The number of anilines is 2. The quantitative estimate of drug-likeness (QED) is 0.802. The number of nitrogens with two attached hydrogens (primary N) is 1. The highest BCUT2D eigenvalue weighted by Gasteiger charge is 2.20. The summed E-state index contributed by atoms with van der Waals surface area (Å²) in [6.07, 6.45) is 5.90. The lowest BCUT2D eigenvalue weighted by atomic mass is 10.0. The van der Waals surface area contributed by atoms with E-state index in [1.165, 1.54) is 19.3 Å². The molecule has 0 aromatic carbocycles. The van der Waals surface area contributed by atoms with Gasteiger partial charge in [-0.25, -0.2) is 4.98 Å². The van der Waals surface area contributed by atoms with Crippen LogP contribution < -0.4 is 15.8 Å². The first kappa shape index (κ1) is 15.8. The molecule has 2 rings (SSSR count). The number of nitrogens with one attached hydrogen (secondary N) is 1. The van der Waals surface area contributed by atoms with E-state index in [1.54, 1.807) is 0 Å². The Morgan fingerprint density at radius 1 is 1.29 bits per heavy atom. The molecule has 1 aromatic rings. The molecule has 1 saturated heterocycles. The van der Waals surface area contributed by atoms with Crippen molar-refractivity contribution in [2.24, 2.45) is 0 Å². The molecule has 21 heavy (non-hydrogen) atoms. The number of nitrogens with zero attached hydrogens (tertiary/aromatic N) is 3. The Balaban J connectivity index is 1.91. The van der Waals surface area contributed by atoms with Crippen molar-refractivity contribution in [1.29, 1.82) is 0 Å². The van der Waals surface area contributed by atoms with Crippen molar-refractivity contribution in [2.45, 2.75) is 45.6 Å². The number of ether oxygens (including phenoxy) is 1. The zero-order valence-corrected chi connectivity index (χ0v) is 13.1. The minimum absolute atomic E-state index is 0.425. The fourth-order valence-electron chi connectivity index (χ4n) is 2.62. The summed E-state index contributed by atoms with van der Waals surface area (Å²) >= 11 is 0. The fraction of sp³-hybridized carbons (Fsp3) is 0.733. The van der Waals surface area contributed by atoms with E-state index in [-0.39, 0.29) is 0 Å². The van der Waals surface area contributed by atoms with Gasteiger partial charge >= 0.3 is 0 Å². The van der Waals surface area contributed by atoms with Gasteiger partial charge in [0.05, 0.1) is 6.61 Å². The molecule has 1 aromatic heterocycles. The van der Waals surface area contributed by atoms with Gasteiger partial charge in [-0.1, -0.05) is 13.8 Å². The van der Waals surface area contributed by atoms with Crippen molar-refractivity contribution in [3.05, 3.63) is 6.33 Å². The van der Waals surface area contributed by atoms with Gasteiger partial charge in [0, 0.05) is 19.1 Å². The maximum absolute atomic E-state index is 6.09. The van der Waals surface area contributed by atoms with Crippen LogP contribution in [0.1, 0.15) is 39.5 Å². The summed E-state index contributed by atoms with van der Waals surface area (Å²) < 4.78 is 5.54. The van der Waals surface area contributed by atoms with Crippen molar-refractivity contribution in [1.82, 2.24) is 14.9 Å². The van der Waals surface area contributed by atoms with E-state index in [4.69, 9.17) is 10.5 Å². The van der Waals surface area contributed by atoms with E-state index in [2.05, 4.69) is 34.0 Å². The van der Waals surface area contributed by atoms with E-state index in [9.17, 15) is 0 Å². The molecule has 0 aliphatic carbocycles. The van der Waals surface area contributed by atoms with Gasteiger partial charge in [0.25, 0.3) is 0 Å². The van der Waals surface area contributed by atoms with Crippen LogP contribution in [0.25, 0.3) is 0 Å². The Labute approximate surface area is 127 Å². The van der Waals surface area contributed by atoms with Gasteiger partial charge in [-0.05, 0) is 32.2 Å². The predicted octanol–water partition coefficient (Wildman–Crippen LogP) is 2.13. The Kier molecular flexibility index (Phi) is 6.04. The van der Waals surface area contributed by atoms with Crippen LogP contribution in [0.3, 0.4) is 0 Å². The molecule has 1 fully saturated rings. The number of likely N-dealkylation sites (tertiary alicyclic amines) is 1. The van der Waals surface area contributed by atoms with Crippen LogP contribution in [0.5, 0.6) is 5.88 Å². The number of nitrogen functional groups attached to an aromatic ring is 1. The van der Waals surface area contributed by atoms with Crippen molar-refractivity contribution in [3.8, 4) is 5.88 Å². The third-order valence-electron chi connectivity index (χ3n) is 3.76. The molecule has 0 spiro atoms. The molecule has 0 atom stereocenters. The van der Waals surface area contributed by atoms with Gasteiger partial charge in [-0.2, -0.15) is 4.98 Å². The molecule has 0 bridgehead atoms. The first-order valence-electron chi connectivity index (χ1n) is 7.96. The van der Waals surface area contributed by atoms with Gasteiger partial charge in [0.15, 0.2) is 5.82 Å². The summed E-state index contributed by atoms with van der Waals surface area (Å²) in [7, 11) is 0. The van der Waals surface area contributed by atoms with E-state index >= 15 is 0 Å². The standard InChI is InChI=1S/C15H27N5O/c1-3-7-20-8-5-12(6-9-20)19-14-13(16)15(18-11-17-14)21-10-4-2/h11-12H,3-10,16H2,1-2H3,(H,17,18,19). The zero-order valence-electron chi connectivity index (χ0n) is 13.1. The van der Waals surface area contributed by atoms with E-state index in [0.717, 1.165) is 32.4 Å². The number of hydrogen-bond acceptors (Lipinski definition) is 6. The van der Waals surface area contributed by atoms with Crippen LogP contribution in [0.2, 0.25) is 0 Å². The summed E-state index contributed by atoms with van der Waals surface area (Å²) in [6.45, 7) is 8.36. The van der Waals surface area contributed by atoms with Crippen LogP contribution in [0.15, 0.2) is 6.33 Å². The highest BCUT2D eigenvalue weighted by Crippen LogP contribution is 2.26. The first-order valence-corrected chi connectivity index (χ1v) is 7.96. The molecular weight excluding hydrogens is 266 g/mol. The second-order valence-electron chi connectivity index (χ2n) is 5.55.